The van der Waals surface area contributed by atoms with Crippen LogP contribution in [0.25, 0.3) is 0 Å². The molecule has 98 valence electrons. The smallest absolute Gasteiger partial charge is 0.262 e. The van der Waals surface area contributed by atoms with E-state index in [2.05, 4.69) is 0 Å². The zero-order chi connectivity index (χ0) is 14.0. The Morgan fingerprint density at radius 3 is 2.53 bits per heavy atom. The zero-order valence-corrected chi connectivity index (χ0v) is 10.5. The minimum absolute atomic E-state index is 0.00998. The van der Waals surface area contributed by atoms with Crippen molar-refractivity contribution in [1.29, 1.82) is 0 Å². The van der Waals surface area contributed by atoms with Crippen molar-refractivity contribution in [3.8, 4) is 0 Å². The van der Waals surface area contributed by atoms with Gasteiger partial charge in [0, 0.05) is 23.0 Å². The van der Waals surface area contributed by atoms with Crippen molar-refractivity contribution < 1.29 is 9.72 Å². The molecule has 2 N–H and O–H groups in total. The lowest BCUT2D eigenvalue weighted by Crippen LogP contribution is -2.42. The zero-order valence-electron chi connectivity index (χ0n) is 10.5. The van der Waals surface area contributed by atoms with Gasteiger partial charge in [-0.2, -0.15) is 0 Å². The number of hydrogen-bond acceptors (Lipinski definition) is 4. The van der Waals surface area contributed by atoms with Gasteiger partial charge >= 0.3 is 0 Å². The molecule has 1 aliphatic rings. The molecule has 1 aromatic rings. The van der Waals surface area contributed by atoms with Gasteiger partial charge in [-0.25, -0.2) is 0 Å². The third-order valence-electron chi connectivity index (χ3n) is 3.35. The summed E-state index contributed by atoms with van der Waals surface area (Å²) in [4.78, 5) is 23.0. The quantitative estimate of drug-likeness (QED) is 0.511. The molecule has 0 saturated carbocycles. The number of carbonyl (C=O) groups excluding carboxylic acids is 1. The van der Waals surface area contributed by atoms with Gasteiger partial charge < -0.3 is 5.73 Å². The lowest BCUT2D eigenvalue weighted by molar-refractivity contribution is -0.553. The Labute approximate surface area is 110 Å². The molecule has 1 aliphatic carbocycles. The number of allylic oxidation sites excluding steroid dienone is 2. The van der Waals surface area contributed by atoms with Crippen molar-refractivity contribution in [3.05, 3.63) is 69.4 Å². The van der Waals surface area contributed by atoms with E-state index in [1.807, 2.05) is 6.07 Å². The van der Waals surface area contributed by atoms with Crippen molar-refractivity contribution in [3.63, 3.8) is 0 Å². The summed E-state index contributed by atoms with van der Waals surface area (Å²) in [5, 5.41) is 11.1. The average molecular weight is 258 g/mol. The summed E-state index contributed by atoms with van der Waals surface area (Å²) in [5.74, 6) is -0.197. The van der Waals surface area contributed by atoms with Crippen LogP contribution in [0.3, 0.4) is 0 Å². The third kappa shape index (κ3) is 2.27. The molecule has 0 radical (unpaired) electrons. The van der Waals surface area contributed by atoms with Crippen LogP contribution in [0.4, 0.5) is 0 Å². The van der Waals surface area contributed by atoms with Crippen molar-refractivity contribution in [2.75, 3.05) is 0 Å². The highest BCUT2D eigenvalue weighted by Crippen LogP contribution is 2.30. The topological polar surface area (TPSA) is 86.2 Å². The summed E-state index contributed by atoms with van der Waals surface area (Å²) in [6.45, 7) is 1.43. The number of ketones is 1. The molecular formula is C14H14N2O3. The van der Waals surface area contributed by atoms with Crippen molar-refractivity contribution >= 4 is 5.78 Å². The van der Waals surface area contributed by atoms with Crippen LogP contribution in [-0.4, -0.2) is 16.2 Å². The number of carbonyl (C=O) groups is 1. The lowest BCUT2D eigenvalue weighted by atomic mass is 9.83. The normalized spacial score (nSPS) is 22.4. The number of nitrogens with two attached hydrogens (primary N) is 1. The Balaban J connectivity index is 2.34. The van der Waals surface area contributed by atoms with Crippen LogP contribution >= 0.6 is 0 Å². The van der Waals surface area contributed by atoms with E-state index in [1.54, 1.807) is 30.3 Å². The summed E-state index contributed by atoms with van der Waals surface area (Å²) in [7, 11) is 0. The van der Waals surface area contributed by atoms with Crippen LogP contribution in [0.2, 0.25) is 0 Å². The SMILES string of the molecule is CC1([N+](=O)[O-])CC(C(=O)c2ccccc2)=CC=C1N. The van der Waals surface area contributed by atoms with Crippen LogP contribution in [0.15, 0.2) is 53.8 Å². The van der Waals surface area contributed by atoms with Gasteiger partial charge in [-0.1, -0.05) is 36.4 Å². The second-order valence-electron chi connectivity index (χ2n) is 4.72. The van der Waals surface area contributed by atoms with E-state index >= 15 is 0 Å². The maximum atomic E-state index is 12.3. The first-order valence-electron chi connectivity index (χ1n) is 5.86. The van der Waals surface area contributed by atoms with E-state index in [1.165, 1.54) is 13.0 Å². The second-order valence-corrected chi connectivity index (χ2v) is 4.72. The van der Waals surface area contributed by atoms with Crippen LogP contribution in [0.1, 0.15) is 23.7 Å². The standard InChI is InChI=1S/C14H14N2O3/c1-14(16(18)19)9-11(7-8-12(14)15)13(17)10-5-3-2-4-6-10/h2-8H,9,15H2,1H3. The summed E-state index contributed by atoms with van der Waals surface area (Å²) in [5.41, 5.74) is 5.36. The molecule has 0 bridgehead atoms. The summed E-state index contributed by atoms with van der Waals surface area (Å²) in [6, 6.07) is 8.70. The minimum Gasteiger partial charge on any atom is -0.396 e. The highest BCUT2D eigenvalue weighted by Gasteiger charge is 2.43. The number of rotatable bonds is 3. The Hall–Kier alpha value is -2.43. The van der Waals surface area contributed by atoms with Crippen molar-refractivity contribution in [2.45, 2.75) is 18.9 Å². The Morgan fingerprint density at radius 2 is 1.95 bits per heavy atom. The van der Waals surface area contributed by atoms with Crippen LogP contribution in [0, 0.1) is 10.1 Å². The second kappa shape index (κ2) is 4.68. The van der Waals surface area contributed by atoms with Gasteiger partial charge in [-0.3, -0.25) is 14.9 Å². The maximum Gasteiger partial charge on any atom is 0.262 e. The first kappa shape index (κ1) is 13.0. The molecule has 0 saturated heterocycles. The monoisotopic (exact) mass is 258 g/mol. The van der Waals surface area contributed by atoms with Gasteiger partial charge in [0.1, 0.15) is 0 Å². The van der Waals surface area contributed by atoms with E-state index in [4.69, 9.17) is 5.73 Å². The molecule has 0 fully saturated rings. The third-order valence-corrected chi connectivity index (χ3v) is 3.35. The first-order valence-corrected chi connectivity index (χ1v) is 5.86. The van der Waals surface area contributed by atoms with Crippen LogP contribution in [-0.2, 0) is 0 Å². The summed E-state index contributed by atoms with van der Waals surface area (Å²) < 4.78 is 0. The number of nitro groups is 1. The molecule has 1 atom stereocenters. The molecule has 0 spiro atoms. The Bertz CT molecular complexity index is 590. The highest BCUT2D eigenvalue weighted by atomic mass is 16.6. The van der Waals surface area contributed by atoms with E-state index in [0.29, 0.717) is 11.1 Å². The molecular weight excluding hydrogens is 244 g/mol. The van der Waals surface area contributed by atoms with Gasteiger partial charge in [0.2, 0.25) is 0 Å². The molecule has 1 aromatic carbocycles. The molecule has 5 heteroatoms. The molecule has 0 aliphatic heterocycles. The lowest BCUT2D eigenvalue weighted by Gasteiger charge is -2.25. The van der Waals surface area contributed by atoms with Crippen LogP contribution < -0.4 is 5.73 Å². The predicted molar refractivity (Wildman–Crippen MR) is 71.1 cm³/mol. The fraction of sp³-hybridized carbons (Fsp3) is 0.214. The minimum atomic E-state index is -1.41. The van der Waals surface area contributed by atoms with Gasteiger partial charge in [0.15, 0.2) is 5.78 Å². The summed E-state index contributed by atoms with van der Waals surface area (Å²) >= 11 is 0. The van der Waals surface area contributed by atoms with Gasteiger partial charge in [-0.05, 0) is 6.08 Å². The fourth-order valence-corrected chi connectivity index (χ4v) is 2.00. The first-order chi connectivity index (χ1) is 8.95. The van der Waals surface area contributed by atoms with Crippen molar-refractivity contribution in [2.24, 2.45) is 5.73 Å². The molecule has 0 heterocycles. The predicted octanol–water partition coefficient (Wildman–Crippen LogP) is 2.08. The highest BCUT2D eigenvalue weighted by molar-refractivity contribution is 6.09. The Kier molecular flexibility index (Phi) is 3.21. The molecule has 0 aromatic heterocycles. The largest absolute Gasteiger partial charge is 0.396 e. The van der Waals surface area contributed by atoms with Gasteiger partial charge in [-0.15, -0.1) is 0 Å². The number of nitrogens with zero attached hydrogens (tertiary/aromatic N) is 1. The Morgan fingerprint density at radius 1 is 1.32 bits per heavy atom. The van der Waals surface area contributed by atoms with E-state index in [9.17, 15) is 14.9 Å². The summed E-state index contributed by atoms with van der Waals surface area (Å²) in [6.07, 6.45) is 3.02. The average Bonchev–Trinajstić information content (AvgIpc) is 2.42. The van der Waals surface area contributed by atoms with E-state index in [0.717, 1.165) is 0 Å². The van der Waals surface area contributed by atoms with E-state index < -0.39 is 10.5 Å². The molecule has 2 rings (SSSR count). The van der Waals surface area contributed by atoms with Gasteiger partial charge in [0.05, 0.1) is 12.1 Å². The van der Waals surface area contributed by atoms with Gasteiger partial charge in [0.25, 0.3) is 5.54 Å². The number of hydrogen-bond donors (Lipinski definition) is 1. The number of Topliss-reactive ketones (excluding diaryl/α,β-unsaturated/α-hetero) is 1. The molecule has 0 amide bonds. The van der Waals surface area contributed by atoms with E-state index in [-0.39, 0.29) is 17.9 Å². The number of benzene rings is 1. The van der Waals surface area contributed by atoms with Crippen molar-refractivity contribution in [1.82, 2.24) is 0 Å². The molecule has 1 unspecified atom stereocenters. The maximum absolute atomic E-state index is 12.3. The molecule has 19 heavy (non-hydrogen) atoms. The molecule has 5 nitrogen and oxygen atoms in total. The van der Waals surface area contributed by atoms with Crippen LogP contribution in [0.5, 0.6) is 0 Å². The fourth-order valence-electron chi connectivity index (χ4n) is 2.00.